The first-order chi connectivity index (χ1) is 11.9. The summed E-state index contributed by atoms with van der Waals surface area (Å²) in [5, 5.41) is 14.6. The second-order valence-electron chi connectivity index (χ2n) is 4.59. The van der Waals surface area contributed by atoms with Crippen molar-refractivity contribution in [3.05, 3.63) is 27.8 Å². The smallest absolute Gasteiger partial charge is 0.350 e. The fourth-order valence-electron chi connectivity index (χ4n) is 1.88. The molecule has 0 saturated carbocycles. The summed E-state index contributed by atoms with van der Waals surface area (Å²) in [6.45, 7) is 5.22. The van der Waals surface area contributed by atoms with Crippen LogP contribution in [0.5, 0.6) is 0 Å². The van der Waals surface area contributed by atoms with E-state index in [9.17, 15) is 14.4 Å². The van der Waals surface area contributed by atoms with Gasteiger partial charge in [-0.15, -0.1) is 11.3 Å². The number of carbonyl (C=O) groups is 3. The fourth-order valence-corrected chi connectivity index (χ4v) is 2.99. The topological polar surface area (TPSA) is 118 Å². The molecule has 1 aromatic rings. The van der Waals surface area contributed by atoms with E-state index in [2.05, 4.69) is 10.6 Å². The molecule has 0 spiro atoms. The number of thiophene rings is 1. The average Bonchev–Trinajstić information content (AvgIpc) is 2.91. The van der Waals surface area contributed by atoms with Crippen LogP contribution in [0.1, 0.15) is 39.4 Å². The molecule has 0 aromatic carbocycles. The van der Waals surface area contributed by atoms with Gasteiger partial charge in [-0.1, -0.05) is 0 Å². The van der Waals surface area contributed by atoms with Crippen molar-refractivity contribution in [1.29, 1.82) is 5.26 Å². The Labute approximate surface area is 149 Å². The van der Waals surface area contributed by atoms with Gasteiger partial charge in [0.2, 0.25) is 0 Å². The highest BCUT2D eigenvalue weighted by Gasteiger charge is 2.25. The Hall–Kier alpha value is -2.86. The van der Waals surface area contributed by atoms with Crippen molar-refractivity contribution < 1.29 is 23.9 Å². The third-order valence-corrected chi connectivity index (χ3v) is 4.24. The van der Waals surface area contributed by atoms with Gasteiger partial charge in [0.25, 0.3) is 5.91 Å². The molecule has 0 atom stereocenters. The van der Waals surface area contributed by atoms with Crippen molar-refractivity contribution >= 4 is 34.2 Å². The molecular weight excluding hydrogens is 346 g/mol. The van der Waals surface area contributed by atoms with Gasteiger partial charge in [-0.3, -0.25) is 4.79 Å². The summed E-state index contributed by atoms with van der Waals surface area (Å²) in [5.41, 5.74) is 0.375. The summed E-state index contributed by atoms with van der Waals surface area (Å²) < 4.78 is 9.78. The summed E-state index contributed by atoms with van der Waals surface area (Å²) >= 11 is 1.02. The fraction of sp³-hybridized carbons (Fsp3) is 0.375. The Bertz CT molecular complexity index is 746. The highest BCUT2D eigenvalue weighted by Crippen LogP contribution is 2.34. The Morgan fingerprint density at radius 1 is 1.24 bits per heavy atom. The molecule has 0 fully saturated rings. The van der Waals surface area contributed by atoms with Crippen LogP contribution in [0.15, 0.2) is 11.8 Å². The number of carbonyl (C=O) groups excluding carboxylic acids is 3. The highest BCUT2D eigenvalue weighted by atomic mass is 32.1. The molecule has 1 amide bonds. The van der Waals surface area contributed by atoms with Crippen LogP contribution < -0.4 is 10.6 Å². The Kier molecular flexibility index (Phi) is 7.62. The largest absolute Gasteiger partial charge is 0.462 e. The number of amides is 1. The summed E-state index contributed by atoms with van der Waals surface area (Å²) in [7, 11) is 1.48. The number of nitriles is 1. The van der Waals surface area contributed by atoms with Crippen LogP contribution in [-0.4, -0.2) is 38.1 Å². The van der Waals surface area contributed by atoms with Gasteiger partial charge < -0.3 is 20.1 Å². The molecule has 0 saturated heterocycles. The molecule has 0 radical (unpaired) electrons. The number of nitrogens with zero attached hydrogens (tertiary/aromatic N) is 1. The number of anilines is 1. The number of hydrogen-bond donors (Lipinski definition) is 2. The zero-order valence-corrected chi connectivity index (χ0v) is 15.2. The van der Waals surface area contributed by atoms with Gasteiger partial charge in [0.1, 0.15) is 11.1 Å². The lowest BCUT2D eigenvalue weighted by Gasteiger charge is -2.05. The van der Waals surface area contributed by atoms with Crippen molar-refractivity contribution in [2.24, 2.45) is 0 Å². The Balaban J connectivity index is 3.29. The van der Waals surface area contributed by atoms with E-state index in [1.165, 1.54) is 7.05 Å². The first kappa shape index (κ1) is 20.2. The molecule has 0 bridgehead atoms. The van der Waals surface area contributed by atoms with Crippen LogP contribution in [0.3, 0.4) is 0 Å². The third-order valence-electron chi connectivity index (χ3n) is 3.02. The lowest BCUT2D eigenvalue weighted by atomic mass is 10.1. The predicted octanol–water partition coefficient (Wildman–Crippen LogP) is 1.98. The normalized spacial score (nSPS) is 10.6. The second-order valence-corrected chi connectivity index (χ2v) is 5.62. The monoisotopic (exact) mass is 365 g/mol. The van der Waals surface area contributed by atoms with E-state index >= 15 is 0 Å². The number of hydrogen-bond acceptors (Lipinski definition) is 8. The zero-order chi connectivity index (χ0) is 19.0. The van der Waals surface area contributed by atoms with E-state index < -0.39 is 11.9 Å². The number of ether oxygens (including phenoxy) is 2. The first-order valence-electron chi connectivity index (χ1n) is 7.47. The van der Waals surface area contributed by atoms with Gasteiger partial charge in [-0.25, -0.2) is 9.59 Å². The van der Waals surface area contributed by atoms with Crippen molar-refractivity contribution in [2.75, 3.05) is 25.6 Å². The van der Waals surface area contributed by atoms with Crippen molar-refractivity contribution in [3.8, 4) is 6.07 Å². The first-order valence-corrected chi connectivity index (χ1v) is 8.29. The van der Waals surface area contributed by atoms with Gasteiger partial charge >= 0.3 is 11.9 Å². The SMILES string of the molecule is CCOC(=O)/C(C#N)=C/Nc1sc(C(=O)NC)c(C)c1C(=O)OCC. The lowest BCUT2D eigenvalue weighted by Crippen LogP contribution is -2.17. The highest BCUT2D eigenvalue weighted by molar-refractivity contribution is 7.18. The van der Waals surface area contributed by atoms with Gasteiger partial charge in [0.15, 0.2) is 5.57 Å². The molecule has 1 rings (SSSR count). The van der Waals surface area contributed by atoms with Crippen molar-refractivity contribution in [1.82, 2.24) is 5.32 Å². The quantitative estimate of drug-likeness (QED) is 0.431. The van der Waals surface area contributed by atoms with E-state index in [0.29, 0.717) is 15.4 Å². The van der Waals surface area contributed by atoms with E-state index in [-0.39, 0.29) is 30.3 Å². The molecule has 1 aromatic heterocycles. The number of rotatable bonds is 7. The maximum absolute atomic E-state index is 12.2. The molecule has 0 aliphatic carbocycles. The minimum absolute atomic E-state index is 0.130. The Morgan fingerprint density at radius 2 is 1.88 bits per heavy atom. The van der Waals surface area contributed by atoms with Crippen LogP contribution in [0.4, 0.5) is 5.00 Å². The molecule has 134 valence electrons. The van der Waals surface area contributed by atoms with Crippen molar-refractivity contribution in [3.63, 3.8) is 0 Å². The number of esters is 2. The molecule has 0 aliphatic heterocycles. The maximum atomic E-state index is 12.2. The van der Waals surface area contributed by atoms with Crippen LogP contribution in [0.2, 0.25) is 0 Å². The summed E-state index contributed by atoms with van der Waals surface area (Å²) in [5.74, 6) is -1.73. The van der Waals surface area contributed by atoms with E-state index in [4.69, 9.17) is 14.7 Å². The van der Waals surface area contributed by atoms with E-state index in [0.717, 1.165) is 17.5 Å². The van der Waals surface area contributed by atoms with Crippen LogP contribution in [0, 0.1) is 18.3 Å². The van der Waals surface area contributed by atoms with Gasteiger partial charge in [-0.05, 0) is 26.3 Å². The molecule has 9 heteroatoms. The number of nitrogens with one attached hydrogen (secondary N) is 2. The second kappa shape index (κ2) is 9.44. The van der Waals surface area contributed by atoms with E-state index in [1.807, 2.05) is 0 Å². The zero-order valence-electron chi connectivity index (χ0n) is 14.4. The van der Waals surface area contributed by atoms with Gasteiger partial charge in [0, 0.05) is 13.2 Å². The van der Waals surface area contributed by atoms with Gasteiger partial charge in [0.05, 0.1) is 23.7 Å². The molecule has 1 heterocycles. The predicted molar refractivity (Wildman–Crippen MR) is 92.4 cm³/mol. The third kappa shape index (κ3) is 4.81. The van der Waals surface area contributed by atoms with Crippen LogP contribution in [0.25, 0.3) is 0 Å². The van der Waals surface area contributed by atoms with E-state index in [1.54, 1.807) is 26.8 Å². The average molecular weight is 365 g/mol. The van der Waals surface area contributed by atoms with Crippen molar-refractivity contribution in [2.45, 2.75) is 20.8 Å². The van der Waals surface area contributed by atoms with Gasteiger partial charge in [-0.2, -0.15) is 5.26 Å². The summed E-state index contributed by atoms with van der Waals surface area (Å²) in [6.07, 6.45) is 1.14. The summed E-state index contributed by atoms with van der Waals surface area (Å²) in [6, 6.07) is 1.72. The molecule has 8 nitrogen and oxygen atoms in total. The Morgan fingerprint density at radius 3 is 2.40 bits per heavy atom. The maximum Gasteiger partial charge on any atom is 0.350 e. The molecule has 0 aliphatic rings. The molecule has 25 heavy (non-hydrogen) atoms. The van der Waals surface area contributed by atoms with Crippen LogP contribution in [-0.2, 0) is 14.3 Å². The molecule has 0 unspecified atom stereocenters. The molecule has 2 N–H and O–H groups in total. The lowest BCUT2D eigenvalue weighted by molar-refractivity contribution is -0.138. The standard InChI is InChI=1S/C16H19N3O5S/c1-5-23-15(21)10(7-17)8-19-14-11(16(22)24-6-2)9(3)12(25-14)13(20)18-4/h8,19H,5-6H2,1-4H3,(H,18,20)/b10-8+. The van der Waals surface area contributed by atoms with Crippen LogP contribution >= 0.6 is 11.3 Å². The summed E-state index contributed by atoms with van der Waals surface area (Å²) in [4.78, 5) is 36.1. The minimum Gasteiger partial charge on any atom is -0.462 e. The minimum atomic E-state index is -0.782. The molecular formula is C16H19N3O5S.